The van der Waals surface area contributed by atoms with Crippen LogP contribution in [0.3, 0.4) is 0 Å². The van der Waals surface area contributed by atoms with Crippen LogP contribution in [0.5, 0.6) is 0 Å². The first kappa shape index (κ1) is 17.7. The highest BCUT2D eigenvalue weighted by atomic mass is 16.5. The van der Waals surface area contributed by atoms with Gasteiger partial charge in [0.2, 0.25) is 5.78 Å². The molecule has 0 spiro atoms. The number of hydrogen-bond acceptors (Lipinski definition) is 6. The number of esters is 1. The van der Waals surface area contributed by atoms with Gasteiger partial charge < -0.3 is 4.74 Å². The van der Waals surface area contributed by atoms with E-state index in [4.69, 9.17) is 4.74 Å². The Bertz CT molecular complexity index is 1010. The van der Waals surface area contributed by atoms with Gasteiger partial charge in [0.05, 0.1) is 11.3 Å². The molecule has 2 heterocycles. The van der Waals surface area contributed by atoms with E-state index in [9.17, 15) is 9.59 Å². The maximum absolute atomic E-state index is 12.5. The molecule has 0 aliphatic heterocycles. The molecule has 0 saturated heterocycles. The van der Waals surface area contributed by atoms with Gasteiger partial charge in [-0.3, -0.25) is 4.79 Å². The van der Waals surface area contributed by atoms with Gasteiger partial charge in [0, 0.05) is 11.8 Å². The average molecular weight is 352 g/mol. The van der Waals surface area contributed by atoms with Crippen LogP contribution < -0.4 is 0 Å². The Labute approximate surface area is 151 Å². The van der Waals surface area contributed by atoms with Crippen molar-refractivity contribution in [2.45, 2.75) is 34.1 Å². The molecular weight excluding hydrogens is 332 g/mol. The van der Waals surface area contributed by atoms with Crippen LogP contribution in [0, 0.1) is 20.8 Å². The van der Waals surface area contributed by atoms with Gasteiger partial charge in [0.15, 0.2) is 6.61 Å². The molecule has 0 aliphatic carbocycles. The number of nitrogens with zero attached hydrogens (tertiary/aromatic N) is 4. The number of rotatable bonds is 5. The number of ketones is 1. The molecule has 1 aromatic carbocycles. The molecule has 3 aromatic rings. The summed E-state index contributed by atoms with van der Waals surface area (Å²) in [7, 11) is 0. The summed E-state index contributed by atoms with van der Waals surface area (Å²) < 4.78 is 6.75. The lowest BCUT2D eigenvalue weighted by atomic mass is 9.98. The summed E-state index contributed by atoms with van der Waals surface area (Å²) in [6.07, 6.45) is 3.34. The number of aryl methyl sites for hydroxylation is 4. The Balaban J connectivity index is 1.79. The minimum Gasteiger partial charge on any atom is -0.454 e. The van der Waals surface area contributed by atoms with Crippen molar-refractivity contribution in [3.63, 3.8) is 0 Å². The van der Waals surface area contributed by atoms with Crippen molar-refractivity contribution in [3.05, 3.63) is 58.2 Å². The molecule has 7 nitrogen and oxygen atoms in total. The number of carbonyl (C=O) groups is 2. The van der Waals surface area contributed by atoms with Crippen LogP contribution >= 0.6 is 0 Å². The molecule has 7 heteroatoms. The summed E-state index contributed by atoms with van der Waals surface area (Å²) >= 11 is 0. The zero-order valence-corrected chi connectivity index (χ0v) is 15.2. The molecule has 0 bridgehead atoms. The smallest absolute Gasteiger partial charge is 0.342 e. The second-order valence-corrected chi connectivity index (χ2v) is 6.19. The van der Waals surface area contributed by atoms with Gasteiger partial charge >= 0.3 is 5.97 Å². The Morgan fingerprint density at radius 1 is 1.04 bits per heavy atom. The third-order valence-electron chi connectivity index (χ3n) is 4.44. The highest BCUT2D eigenvalue weighted by molar-refractivity contribution is 6.00. The number of benzene rings is 1. The van der Waals surface area contributed by atoms with E-state index in [1.54, 1.807) is 0 Å². The van der Waals surface area contributed by atoms with Crippen LogP contribution in [0.2, 0.25) is 0 Å². The maximum atomic E-state index is 12.5. The van der Waals surface area contributed by atoms with E-state index in [0.29, 0.717) is 23.5 Å². The summed E-state index contributed by atoms with van der Waals surface area (Å²) in [5.41, 5.74) is 4.52. The van der Waals surface area contributed by atoms with Crippen LogP contribution in [0.4, 0.5) is 0 Å². The van der Waals surface area contributed by atoms with E-state index < -0.39 is 5.97 Å². The van der Waals surface area contributed by atoms with Crippen molar-refractivity contribution in [1.82, 2.24) is 19.6 Å². The normalized spacial score (nSPS) is 10.9. The number of aromatic nitrogens is 4. The molecule has 3 rings (SSSR count). The molecule has 0 amide bonds. The fourth-order valence-electron chi connectivity index (χ4n) is 2.88. The number of ether oxygens (including phenoxy) is 1. The summed E-state index contributed by atoms with van der Waals surface area (Å²) in [5, 5.41) is 4.07. The van der Waals surface area contributed by atoms with Crippen molar-refractivity contribution in [2.75, 3.05) is 6.61 Å². The third kappa shape index (κ3) is 3.20. The summed E-state index contributed by atoms with van der Waals surface area (Å²) in [4.78, 5) is 33.0. The molecule has 0 unspecified atom stereocenters. The number of hydrogen-bond donors (Lipinski definition) is 0. The maximum Gasteiger partial charge on any atom is 0.342 e. The first-order valence-corrected chi connectivity index (χ1v) is 8.38. The molecule has 0 aliphatic rings. The molecule has 0 saturated carbocycles. The van der Waals surface area contributed by atoms with Crippen LogP contribution in [0.15, 0.2) is 24.7 Å². The molecule has 134 valence electrons. The van der Waals surface area contributed by atoms with E-state index in [1.165, 1.54) is 17.0 Å². The Kier molecular flexibility index (Phi) is 4.79. The summed E-state index contributed by atoms with van der Waals surface area (Å²) in [6, 6.07) is 3.80. The highest BCUT2D eigenvalue weighted by Gasteiger charge is 2.19. The van der Waals surface area contributed by atoms with Crippen molar-refractivity contribution < 1.29 is 14.3 Å². The molecule has 0 fully saturated rings. The van der Waals surface area contributed by atoms with Crippen molar-refractivity contribution in [3.8, 4) is 0 Å². The lowest BCUT2D eigenvalue weighted by Gasteiger charge is -2.11. The van der Waals surface area contributed by atoms with Gasteiger partial charge in [-0.05, 0) is 49.9 Å². The number of fused-ring (bicyclic) bond motifs is 1. The molecular formula is C19H20N4O3. The lowest BCUT2D eigenvalue weighted by molar-refractivity contribution is 0.0472. The largest absolute Gasteiger partial charge is 0.454 e. The van der Waals surface area contributed by atoms with Gasteiger partial charge in [-0.2, -0.15) is 10.1 Å². The number of Topliss-reactive ketones (excluding diaryl/α,β-unsaturated/α-hetero) is 1. The summed E-state index contributed by atoms with van der Waals surface area (Å²) in [5.74, 6) is -0.409. The minimum atomic E-state index is -0.596. The molecule has 2 aromatic heterocycles. The van der Waals surface area contributed by atoms with Crippen LogP contribution in [0.1, 0.15) is 50.0 Å². The highest BCUT2D eigenvalue weighted by Crippen LogP contribution is 2.17. The van der Waals surface area contributed by atoms with Gasteiger partial charge in [-0.15, -0.1) is 0 Å². The van der Waals surface area contributed by atoms with Crippen LogP contribution in [0.25, 0.3) is 5.78 Å². The average Bonchev–Trinajstić information content (AvgIpc) is 3.10. The predicted molar refractivity (Wildman–Crippen MR) is 95.4 cm³/mol. The molecule has 0 atom stereocenters. The van der Waals surface area contributed by atoms with E-state index in [2.05, 4.69) is 15.1 Å². The van der Waals surface area contributed by atoms with Crippen molar-refractivity contribution >= 4 is 17.5 Å². The lowest BCUT2D eigenvalue weighted by Crippen LogP contribution is -2.18. The van der Waals surface area contributed by atoms with E-state index in [1.807, 2.05) is 39.8 Å². The van der Waals surface area contributed by atoms with E-state index in [0.717, 1.165) is 16.7 Å². The third-order valence-corrected chi connectivity index (χ3v) is 4.44. The molecule has 0 radical (unpaired) electrons. The zero-order valence-electron chi connectivity index (χ0n) is 15.2. The zero-order chi connectivity index (χ0) is 18.8. The second kappa shape index (κ2) is 7.03. The molecule has 26 heavy (non-hydrogen) atoms. The van der Waals surface area contributed by atoms with Crippen molar-refractivity contribution in [2.24, 2.45) is 0 Å². The first-order chi connectivity index (χ1) is 12.4. The van der Waals surface area contributed by atoms with Gasteiger partial charge in [-0.1, -0.05) is 13.0 Å². The van der Waals surface area contributed by atoms with Gasteiger partial charge in [0.25, 0.3) is 5.78 Å². The quantitative estimate of drug-likeness (QED) is 0.518. The SMILES string of the molecule is CCc1c(C(=O)OCC(=O)c2cc(C)c(C)cc2C)cnc2ncnn12. The Morgan fingerprint density at radius 2 is 1.77 bits per heavy atom. The Morgan fingerprint density at radius 3 is 2.50 bits per heavy atom. The standard InChI is InChI=1S/C19H20N4O3/c1-5-16-15(8-20-19-21-10-22-23(16)19)18(25)26-9-17(24)14-7-12(3)11(2)6-13(14)4/h6-8,10H,5,9H2,1-4H3. The fourth-order valence-corrected chi connectivity index (χ4v) is 2.88. The topological polar surface area (TPSA) is 86.5 Å². The second-order valence-electron chi connectivity index (χ2n) is 6.19. The predicted octanol–water partition coefficient (Wildman–Crippen LogP) is 2.65. The first-order valence-electron chi connectivity index (χ1n) is 8.38. The van der Waals surface area contributed by atoms with Crippen molar-refractivity contribution in [1.29, 1.82) is 0 Å². The van der Waals surface area contributed by atoms with Gasteiger partial charge in [-0.25, -0.2) is 14.3 Å². The van der Waals surface area contributed by atoms with Gasteiger partial charge in [0.1, 0.15) is 6.33 Å². The Hall–Kier alpha value is -3.09. The van der Waals surface area contributed by atoms with E-state index >= 15 is 0 Å². The minimum absolute atomic E-state index is 0.230. The monoisotopic (exact) mass is 352 g/mol. The molecule has 0 N–H and O–H groups in total. The summed E-state index contributed by atoms with van der Waals surface area (Å²) in [6.45, 7) is 7.40. The van der Waals surface area contributed by atoms with Crippen LogP contribution in [-0.2, 0) is 11.2 Å². The van der Waals surface area contributed by atoms with Crippen LogP contribution in [-0.4, -0.2) is 37.9 Å². The van der Waals surface area contributed by atoms with E-state index in [-0.39, 0.29) is 18.0 Å². The fraction of sp³-hybridized carbons (Fsp3) is 0.316. The number of carbonyl (C=O) groups excluding carboxylic acids is 2.